The summed E-state index contributed by atoms with van der Waals surface area (Å²) in [6, 6.07) is 9.38. The van der Waals surface area contributed by atoms with Crippen LogP contribution in [0.15, 0.2) is 68.3 Å². The van der Waals surface area contributed by atoms with Crippen LogP contribution in [-0.4, -0.2) is 47.1 Å². The second-order valence-electron chi connectivity index (χ2n) is 8.87. The monoisotopic (exact) mass is 500 g/mol. The molecule has 1 saturated heterocycles. The van der Waals surface area contributed by atoms with Crippen molar-refractivity contribution in [3.05, 3.63) is 70.8 Å². The first-order chi connectivity index (χ1) is 17.9. The van der Waals surface area contributed by atoms with Crippen molar-refractivity contribution in [2.24, 2.45) is 15.4 Å². The molecule has 0 radical (unpaired) electrons. The second-order valence-corrected chi connectivity index (χ2v) is 8.87. The number of ether oxygens (including phenoxy) is 2. The van der Waals surface area contributed by atoms with E-state index < -0.39 is 23.6 Å². The molecular weight excluding hydrogens is 476 g/mol. The molecule has 37 heavy (non-hydrogen) atoms. The molecule has 2 N–H and O–H groups in total. The van der Waals surface area contributed by atoms with Crippen LogP contribution in [0.3, 0.4) is 0 Å². The molecule has 1 atom stereocenters. The topological polar surface area (TPSA) is 136 Å². The fraction of sp³-hybridized carbons (Fsp3) is 0.296. The molecule has 1 amide bonds. The van der Waals surface area contributed by atoms with Crippen LogP contribution in [0.4, 0.5) is 10.5 Å². The average molecular weight is 501 g/mol. The van der Waals surface area contributed by atoms with Gasteiger partial charge in [-0.3, -0.25) is 10.1 Å². The van der Waals surface area contributed by atoms with Gasteiger partial charge in [0.25, 0.3) is 0 Å². The number of nitrogens with one attached hydrogen (secondary N) is 1. The maximum atomic E-state index is 12.5. The molecule has 3 aliphatic rings. The van der Waals surface area contributed by atoms with E-state index in [2.05, 4.69) is 32.3 Å². The number of rotatable bonds is 5. The van der Waals surface area contributed by atoms with E-state index in [1.165, 1.54) is 0 Å². The second kappa shape index (κ2) is 9.87. The normalized spacial score (nSPS) is 18.3. The number of carboxylic acids is 1. The van der Waals surface area contributed by atoms with Gasteiger partial charge in [-0.05, 0) is 56.2 Å². The standard InChI is InChI=1S/C27H24N4O6/c1-16-23(30-26(34)36-17(2)18-6-4-3-5-7-18)21(37-31-16)9-8-20-14-19-15-22(29-24(19)28-20)27(25(32)33)10-12-35-13-11-27/h3-7,14-15,17H,10-13H2,1-2H3,(H,30,34)(H,32,33). The molecule has 1 aromatic heterocycles. The van der Waals surface area contributed by atoms with Gasteiger partial charge in [0.15, 0.2) is 5.84 Å². The van der Waals surface area contributed by atoms with Gasteiger partial charge in [0, 0.05) is 18.8 Å². The van der Waals surface area contributed by atoms with Gasteiger partial charge in [-0.1, -0.05) is 35.5 Å². The third-order valence-corrected chi connectivity index (χ3v) is 6.49. The van der Waals surface area contributed by atoms with Gasteiger partial charge in [0.2, 0.25) is 5.76 Å². The van der Waals surface area contributed by atoms with Crippen molar-refractivity contribution in [2.75, 3.05) is 18.5 Å². The SMILES string of the molecule is Cc1noc(C#CC2=NC3=NC(C4(C(=O)O)CCOCC4)=CC3=C2)c1NC(=O)OC(C)c1ccccc1. The summed E-state index contributed by atoms with van der Waals surface area (Å²) in [6.07, 6.45) is 3.11. The van der Waals surface area contributed by atoms with E-state index >= 15 is 0 Å². The quantitative estimate of drug-likeness (QED) is 0.587. The van der Waals surface area contributed by atoms with Gasteiger partial charge in [-0.15, -0.1) is 0 Å². The Balaban J connectivity index is 1.28. The molecule has 2 aromatic rings. The molecule has 0 aliphatic carbocycles. The largest absolute Gasteiger partial charge is 0.481 e. The van der Waals surface area contributed by atoms with E-state index in [0.29, 0.717) is 60.3 Å². The Morgan fingerprint density at radius 1 is 1.14 bits per heavy atom. The number of fused-ring (bicyclic) bond motifs is 1. The van der Waals surface area contributed by atoms with Crippen molar-refractivity contribution >= 4 is 29.3 Å². The zero-order chi connectivity index (χ0) is 26.0. The van der Waals surface area contributed by atoms with Gasteiger partial charge < -0.3 is 19.1 Å². The number of anilines is 1. The maximum absolute atomic E-state index is 12.5. The Kier molecular flexibility index (Phi) is 6.46. The summed E-state index contributed by atoms with van der Waals surface area (Å²) >= 11 is 0. The van der Waals surface area contributed by atoms with Crippen molar-refractivity contribution in [1.82, 2.24) is 5.16 Å². The summed E-state index contributed by atoms with van der Waals surface area (Å²) in [5.74, 6) is 5.42. The number of hydrogen-bond acceptors (Lipinski definition) is 8. The predicted octanol–water partition coefficient (Wildman–Crippen LogP) is 4.20. The minimum atomic E-state index is -1.07. The first-order valence-electron chi connectivity index (χ1n) is 11.8. The van der Waals surface area contributed by atoms with Crippen LogP contribution < -0.4 is 5.32 Å². The van der Waals surface area contributed by atoms with Crippen molar-refractivity contribution in [1.29, 1.82) is 0 Å². The number of amidine groups is 1. The van der Waals surface area contributed by atoms with E-state index in [-0.39, 0.29) is 5.76 Å². The minimum Gasteiger partial charge on any atom is -0.481 e. The fourth-order valence-corrected chi connectivity index (χ4v) is 4.33. The molecule has 1 fully saturated rings. The van der Waals surface area contributed by atoms with Crippen molar-refractivity contribution in [2.45, 2.75) is 32.8 Å². The third-order valence-electron chi connectivity index (χ3n) is 6.49. The molecule has 10 heteroatoms. The number of allylic oxidation sites excluding steroid dienone is 1. The van der Waals surface area contributed by atoms with Crippen LogP contribution in [0.1, 0.15) is 42.9 Å². The highest BCUT2D eigenvalue weighted by molar-refractivity contribution is 6.26. The van der Waals surface area contributed by atoms with Crippen LogP contribution in [-0.2, 0) is 14.3 Å². The first kappa shape index (κ1) is 24.2. The van der Waals surface area contributed by atoms with Crippen LogP contribution in [0, 0.1) is 24.2 Å². The van der Waals surface area contributed by atoms with Gasteiger partial charge in [0.05, 0.1) is 5.70 Å². The van der Waals surface area contributed by atoms with E-state index in [1.807, 2.05) is 30.3 Å². The van der Waals surface area contributed by atoms with Crippen LogP contribution in [0.5, 0.6) is 0 Å². The number of benzene rings is 1. The number of carboxylic acid groups (broad SMARTS) is 1. The number of aliphatic carboxylic acids is 1. The zero-order valence-corrected chi connectivity index (χ0v) is 20.3. The highest BCUT2D eigenvalue weighted by atomic mass is 16.6. The zero-order valence-electron chi connectivity index (χ0n) is 20.3. The molecule has 1 aromatic carbocycles. The van der Waals surface area contributed by atoms with Crippen molar-refractivity contribution < 1.29 is 28.7 Å². The number of carbonyl (C=O) groups is 2. The van der Waals surface area contributed by atoms with E-state index in [9.17, 15) is 14.7 Å². The van der Waals surface area contributed by atoms with Gasteiger partial charge in [-0.2, -0.15) is 0 Å². The summed E-state index contributed by atoms with van der Waals surface area (Å²) in [4.78, 5) is 33.4. The Hall–Kier alpha value is -4.49. The lowest BCUT2D eigenvalue weighted by Crippen LogP contribution is -2.38. The van der Waals surface area contributed by atoms with E-state index in [4.69, 9.17) is 14.0 Å². The Morgan fingerprint density at radius 2 is 1.89 bits per heavy atom. The number of amides is 1. The first-order valence-corrected chi connectivity index (χ1v) is 11.8. The smallest absolute Gasteiger partial charge is 0.412 e. The molecule has 1 unspecified atom stereocenters. The van der Waals surface area contributed by atoms with Gasteiger partial charge in [-0.25, -0.2) is 14.8 Å². The van der Waals surface area contributed by atoms with Crippen molar-refractivity contribution in [3.8, 4) is 11.8 Å². The van der Waals surface area contributed by atoms with Gasteiger partial charge in [0.1, 0.15) is 28.6 Å². The number of aliphatic imine (C=N–C) groups is 2. The predicted molar refractivity (Wildman–Crippen MR) is 134 cm³/mol. The summed E-state index contributed by atoms with van der Waals surface area (Å²) in [5, 5.41) is 16.4. The lowest BCUT2D eigenvalue weighted by Gasteiger charge is -2.32. The lowest BCUT2D eigenvalue weighted by molar-refractivity contribution is -0.151. The Bertz CT molecular complexity index is 1430. The number of nitrogens with zero attached hydrogens (tertiary/aromatic N) is 3. The Morgan fingerprint density at radius 3 is 2.59 bits per heavy atom. The molecule has 0 bridgehead atoms. The molecule has 0 saturated carbocycles. The summed E-state index contributed by atoms with van der Waals surface area (Å²) in [7, 11) is 0. The molecular formula is C27H24N4O6. The maximum Gasteiger partial charge on any atom is 0.412 e. The van der Waals surface area contributed by atoms with Gasteiger partial charge >= 0.3 is 12.1 Å². The minimum absolute atomic E-state index is 0.158. The van der Waals surface area contributed by atoms with E-state index in [0.717, 1.165) is 5.56 Å². The highest BCUT2D eigenvalue weighted by Crippen LogP contribution is 2.42. The van der Waals surface area contributed by atoms with Crippen molar-refractivity contribution in [3.63, 3.8) is 0 Å². The number of hydrogen-bond donors (Lipinski definition) is 2. The molecule has 4 heterocycles. The molecule has 0 spiro atoms. The highest BCUT2D eigenvalue weighted by Gasteiger charge is 2.46. The Labute approximate surface area is 212 Å². The number of aryl methyl sites for hydroxylation is 1. The van der Waals surface area contributed by atoms with Crippen LogP contribution >= 0.6 is 0 Å². The van der Waals surface area contributed by atoms with Crippen LogP contribution in [0.2, 0.25) is 0 Å². The molecule has 3 aliphatic heterocycles. The number of aromatic nitrogens is 1. The van der Waals surface area contributed by atoms with E-state index in [1.54, 1.807) is 26.0 Å². The lowest BCUT2D eigenvalue weighted by atomic mass is 9.77. The fourth-order valence-electron chi connectivity index (χ4n) is 4.33. The molecule has 10 nitrogen and oxygen atoms in total. The molecule has 5 rings (SSSR count). The summed E-state index contributed by atoms with van der Waals surface area (Å²) in [6.45, 7) is 4.21. The third kappa shape index (κ3) is 4.81. The average Bonchev–Trinajstić information content (AvgIpc) is 3.57. The van der Waals surface area contributed by atoms with Crippen LogP contribution in [0.25, 0.3) is 0 Å². The molecule has 188 valence electrons. The summed E-state index contributed by atoms with van der Waals surface area (Å²) in [5.41, 5.74) is 2.18. The summed E-state index contributed by atoms with van der Waals surface area (Å²) < 4.78 is 16.1. The number of carbonyl (C=O) groups excluding carboxylic acids is 1.